The maximum absolute atomic E-state index is 12.4. The topological polar surface area (TPSA) is 75.4 Å². The molecule has 0 radical (unpaired) electrons. The Hall–Kier alpha value is -1.85. The molecule has 1 amide bonds. The number of carboxylic acid groups (broad SMARTS) is 1. The Morgan fingerprint density at radius 2 is 2.16 bits per heavy atom. The van der Waals surface area contributed by atoms with E-state index in [2.05, 4.69) is 5.10 Å². The van der Waals surface area contributed by atoms with Crippen LogP contribution >= 0.6 is 0 Å². The molecule has 2 rings (SSSR count). The van der Waals surface area contributed by atoms with Crippen LogP contribution in [0.25, 0.3) is 0 Å². The van der Waals surface area contributed by atoms with Crippen LogP contribution in [0.4, 0.5) is 0 Å². The molecular weight excluding hydrogens is 246 g/mol. The zero-order valence-corrected chi connectivity index (χ0v) is 11.5. The first-order valence-corrected chi connectivity index (χ1v) is 6.48. The maximum Gasteiger partial charge on any atom is 0.308 e. The van der Waals surface area contributed by atoms with Gasteiger partial charge in [-0.2, -0.15) is 5.10 Å². The van der Waals surface area contributed by atoms with Gasteiger partial charge in [-0.15, -0.1) is 0 Å². The van der Waals surface area contributed by atoms with Crippen molar-refractivity contribution in [2.45, 2.75) is 20.3 Å². The number of hydrogen-bond acceptors (Lipinski definition) is 3. The van der Waals surface area contributed by atoms with Crippen LogP contribution in [0.3, 0.4) is 0 Å². The van der Waals surface area contributed by atoms with Gasteiger partial charge in [-0.25, -0.2) is 0 Å². The highest BCUT2D eigenvalue weighted by molar-refractivity contribution is 5.95. The van der Waals surface area contributed by atoms with Crippen molar-refractivity contribution in [1.82, 2.24) is 14.7 Å². The van der Waals surface area contributed by atoms with Gasteiger partial charge in [-0.3, -0.25) is 14.3 Å². The molecular formula is C13H19N3O3. The predicted octanol–water partition coefficient (Wildman–Crippen LogP) is 0.775. The van der Waals surface area contributed by atoms with Gasteiger partial charge in [0, 0.05) is 26.3 Å². The van der Waals surface area contributed by atoms with E-state index in [-0.39, 0.29) is 18.4 Å². The Balaban J connectivity index is 2.19. The molecule has 1 aromatic heterocycles. The van der Waals surface area contributed by atoms with Crippen LogP contribution in [0.1, 0.15) is 29.9 Å². The van der Waals surface area contributed by atoms with Crippen molar-refractivity contribution < 1.29 is 14.7 Å². The van der Waals surface area contributed by atoms with Crippen molar-refractivity contribution >= 4 is 11.9 Å². The Kier molecular flexibility index (Phi) is 3.59. The van der Waals surface area contributed by atoms with E-state index < -0.39 is 11.9 Å². The fourth-order valence-corrected chi connectivity index (χ4v) is 2.60. The van der Waals surface area contributed by atoms with Gasteiger partial charge < -0.3 is 10.0 Å². The third-order valence-electron chi connectivity index (χ3n) is 3.69. The summed E-state index contributed by atoms with van der Waals surface area (Å²) in [7, 11) is 1.78. The Bertz CT molecular complexity index is 509. The molecule has 1 N–H and O–H groups in total. The monoisotopic (exact) mass is 265 g/mol. The van der Waals surface area contributed by atoms with E-state index in [0.29, 0.717) is 18.5 Å². The quantitative estimate of drug-likeness (QED) is 0.876. The van der Waals surface area contributed by atoms with Crippen molar-refractivity contribution in [2.75, 3.05) is 13.1 Å². The summed E-state index contributed by atoms with van der Waals surface area (Å²) in [6.07, 6.45) is 2.40. The highest BCUT2D eigenvalue weighted by Gasteiger charge is 2.37. The minimum absolute atomic E-state index is 0.0109. The van der Waals surface area contributed by atoms with E-state index >= 15 is 0 Å². The largest absolute Gasteiger partial charge is 0.481 e. The van der Waals surface area contributed by atoms with Crippen molar-refractivity contribution in [3.05, 3.63) is 17.5 Å². The van der Waals surface area contributed by atoms with Gasteiger partial charge in [0.05, 0.1) is 17.2 Å². The van der Waals surface area contributed by atoms with Crippen LogP contribution in [-0.4, -0.2) is 44.8 Å². The smallest absolute Gasteiger partial charge is 0.308 e. The minimum atomic E-state index is -0.829. The summed E-state index contributed by atoms with van der Waals surface area (Å²) in [4.78, 5) is 25.1. The van der Waals surface area contributed by atoms with Gasteiger partial charge in [-0.05, 0) is 12.3 Å². The Morgan fingerprint density at radius 3 is 2.68 bits per heavy atom. The summed E-state index contributed by atoms with van der Waals surface area (Å²) in [5.41, 5.74) is 1.35. The number of carbonyl (C=O) groups excluding carboxylic acids is 1. The van der Waals surface area contributed by atoms with E-state index in [0.717, 1.165) is 5.69 Å². The number of nitrogens with zero attached hydrogens (tertiary/aromatic N) is 3. The number of hydrogen-bond donors (Lipinski definition) is 1. The molecule has 6 heteroatoms. The van der Waals surface area contributed by atoms with Gasteiger partial charge >= 0.3 is 5.97 Å². The van der Waals surface area contributed by atoms with Crippen LogP contribution in [0.5, 0.6) is 0 Å². The summed E-state index contributed by atoms with van der Waals surface area (Å²) in [5, 5.41) is 13.4. The van der Waals surface area contributed by atoms with E-state index in [9.17, 15) is 9.59 Å². The van der Waals surface area contributed by atoms with Crippen LogP contribution < -0.4 is 0 Å². The average Bonchev–Trinajstić information content (AvgIpc) is 2.91. The molecule has 2 heterocycles. The lowest BCUT2D eigenvalue weighted by molar-refractivity contribution is -0.142. The first-order valence-electron chi connectivity index (χ1n) is 6.48. The van der Waals surface area contributed by atoms with E-state index in [1.807, 2.05) is 13.8 Å². The SMILES string of the molecule is CCc1nn(C)cc1C(=O)N1C[C@@H](C)[C@H](C(=O)O)C1. The molecule has 1 aliphatic heterocycles. The molecule has 104 valence electrons. The molecule has 2 atom stereocenters. The number of carboxylic acids is 1. The van der Waals surface area contributed by atoms with Crippen LogP contribution in [0.2, 0.25) is 0 Å². The summed E-state index contributed by atoms with van der Waals surface area (Å²) < 4.78 is 1.63. The molecule has 0 spiro atoms. The lowest BCUT2D eigenvalue weighted by atomic mass is 9.99. The van der Waals surface area contributed by atoms with E-state index in [1.54, 1.807) is 22.8 Å². The average molecular weight is 265 g/mol. The first kappa shape index (κ1) is 13.6. The van der Waals surface area contributed by atoms with Crippen LogP contribution in [0.15, 0.2) is 6.20 Å². The Labute approximate surface area is 112 Å². The van der Waals surface area contributed by atoms with Crippen molar-refractivity contribution in [2.24, 2.45) is 18.9 Å². The van der Waals surface area contributed by atoms with Crippen molar-refractivity contribution in [1.29, 1.82) is 0 Å². The van der Waals surface area contributed by atoms with Crippen LogP contribution in [-0.2, 0) is 18.3 Å². The molecule has 0 aromatic carbocycles. The van der Waals surface area contributed by atoms with Gasteiger partial charge in [-0.1, -0.05) is 13.8 Å². The Morgan fingerprint density at radius 1 is 1.47 bits per heavy atom. The summed E-state index contributed by atoms with van der Waals surface area (Å²) >= 11 is 0. The molecule has 0 saturated carbocycles. The summed E-state index contributed by atoms with van der Waals surface area (Å²) in [6, 6.07) is 0. The lowest BCUT2D eigenvalue weighted by Gasteiger charge is -2.15. The van der Waals surface area contributed by atoms with Crippen molar-refractivity contribution in [3.8, 4) is 0 Å². The first-order chi connectivity index (χ1) is 8.93. The number of amides is 1. The zero-order valence-electron chi connectivity index (χ0n) is 11.5. The van der Waals surface area contributed by atoms with E-state index in [4.69, 9.17) is 5.11 Å². The van der Waals surface area contributed by atoms with Gasteiger partial charge in [0.2, 0.25) is 0 Å². The highest BCUT2D eigenvalue weighted by atomic mass is 16.4. The fraction of sp³-hybridized carbons (Fsp3) is 0.615. The molecule has 1 fully saturated rings. The zero-order chi connectivity index (χ0) is 14.2. The number of aryl methyl sites for hydroxylation is 2. The normalized spacial score (nSPS) is 22.8. The summed E-state index contributed by atoms with van der Waals surface area (Å²) in [6.45, 7) is 4.60. The number of rotatable bonds is 3. The van der Waals surface area contributed by atoms with Gasteiger partial charge in [0.15, 0.2) is 0 Å². The second-order valence-electron chi connectivity index (χ2n) is 5.15. The fourth-order valence-electron chi connectivity index (χ4n) is 2.60. The molecule has 0 bridgehead atoms. The third kappa shape index (κ3) is 2.47. The lowest BCUT2D eigenvalue weighted by Crippen LogP contribution is -2.30. The van der Waals surface area contributed by atoms with Gasteiger partial charge in [0.25, 0.3) is 5.91 Å². The van der Waals surface area contributed by atoms with Gasteiger partial charge in [0.1, 0.15) is 0 Å². The highest BCUT2D eigenvalue weighted by Crippen LogP contribution is 2.25. The van der Waals surface area contributed by atoms with Crippen molar-refractivity contribution in [3.63, 3.8) is 0 Å². The van der Waals surface area contributed by atoms with Crippen LogP contribution in [0, 0.1) is 11.8 Å². The second-order valence-corrected chi connectivity index (χ2v) is 5.15. The number of likely N-dealkylation sites (tertiary alicyclic amines) is 1. The predicted molar refractivity (Wildman–Crippen MR) is 68.8 cm³/mol. The number of aromatic nitrogens is 2. The molecule has 1 aliphatic rings. The number of aliphatic carboxylic acids is 1. The standard InChI is InChI=1S/C13H19N3O3/c1-4-11-10(6-15(3)14-11)12(17)16-5-8(2)9(7-16)13(18)19/h6,8-9H,4-5,7H2,1-3H3,(H,18,19)/t8-,9-/m1/s1. The van der Waals surface area contributed by atoms with E-state index in [1.165, 1.54) is 0 Å². The molecule has 0 unspecified atom stereocenters. The molecule has 19 heavy (non-hydrogen) atoms. The minimum Gasteiger partial charge on any atom is -0.481 e. The maximum atomic E-state index is 12.4. The molecule has 1 aromatic rings. The number of carbonyl (C=O) groups is 2. The summed E-state index contributed by atoms with van der Waals surface area (Å²) in [5.74, 6) is -1.42. The third-order valence-corrected chi connectivity index (χ3v) is 3.69. The molecule has 1 saturated heterocycles. The second kappa shape index (κ2) is 5.03. The molecule has 6 nitrogen and oxygen atoms in total. The molecule has 0 aliphatic carbocycles.